The van der Waals surface area contributed by atoms with Crippen molar-refractivity contribution in [3.05, 3.63) is 34.4 Å². The molecule has 2 aromatic carbocycles. The molecule has 1 unspecified atom stereocenters. The van der Waals surface area contributed by atoms with Gasteiger partial charge in [-0.3, -0.25) is 4.90 Å². The highest BCUT2D eigenvalue weighted by atomic mass is 35.5. The molecule has 47 heavy (non-hydrogen) atoms. The number of aromatic nitrogens is 2. The zero-order valence-corrected chi connectivity index (χ0v) is 27.0. The molecule has 3 atom stereocenters. The standard InChI is InChI=1S/C32H30ClF5N6O2S/c1-14(2)19-12-45-27-23-26(25(38)22(24(27)33)16-4-5-18(35)28-21(16)17(9-39)29(40)47-28)41-31(42-30(23)44(19)11-20(36)37)46-13-32-6-3-7-43(32)10-15(34)8-32/h4-5,14-15,19-20H,3,6-8,10-13,40H2,1-2H3/t15-,19?,32+/m1/s1. The van der Waals surface area contributed by atoms with Gasteiger partial charge in [0, 0.05) is 23.9 Å². The summed E-state index contributed by atoms with van der Waals surface area (Å²) in [6, 6.07) is 3.49. The van der Waals surface area contributed by atoms with Crippen LogP contribution in [0.15, 0.2) is 12.1 Å². The first-order valence-corrected chi connectivity index (χ1v) is 16.5. The number of anilines is 2. The summed E-state index contributed by atoms with van der Waals surface area (Å²) in [6.45, 7) is 3.86. The maximum atomic E-state index is 17.1. The van der Waals surface area contributed by atoms with Crippen LogP contribution >= 0.6 is 22.9 Å². The lowest BCUT2D eigenvalue weighted by Gasteiger charge is -2.34. The molecule has 2 aromatic heterocycles. The van der Waals surface area contributed by atoms with E-state index in [-0.39, 0.29) is 97.4 Å². The summed E-state index contributed by atoms with van der Waals surface area (Å²) in [6.07, 6.45) is -1.98. The maximum Gasteiger partial charge on any atom is 0.319 e. The van der Waals surface area contributed by atoms with Crippen molar-refractivity contribution in [2.45, 2.75) is 57.3 Å². The Kier molecular flexibility index (Phi) is 8.00. The summed E-state index contributed by atoms with van der Waals surface area (Å²) in [5.74, 6) is -1.92. The third kappa shape index (κ3) is 5.09. The number of benzene rings is 2. The van der Waals surface area contributed by atoms with Gasteiger partial charge in [-0.1, -0.05) is 31.5 Å². The highest BCUT2D eigenvalue weighted by molar-refractivity contribution is 7.23. The number of rotatable bonds is 7. The van der Waals surface area contributed by atoms with Crippen molar-refractivity contribution in [2.75, 3.05) is 43.5 Å². The Balaban J connectivity index is 1.48. The van der Waals surface area contributed by atoms with E-state index in [1.807, 2.05) is 24.8 Å². The van der Waals surface area contributed by atoms with Gasteiger partial charge in [0.05, 0.1) is 38.8 Å². The quantitative estimate of drug-likeness (QED) is 0.201. The number of hydrogen-bond acceptors (Lipinski definition) is 9. The number of nitrogens with two attached hydrogens (primary N) is 1. The third-order valence-corrected chi connectivity index (χ3v) is 10.9. The zero-order valence-electron chi connectivity index (χ0n) is 25.4. The fourth-order valence-corrected chi connectivity index (χ4v) is 8.66. The molecule has 0 aliphatic carbocycles. The first kappa shape index (κ1) is 31.9. The minimum atomic E-state index is -2.78. The lowest BCUT2D eigenvalue weighted by atomic mass is 9.95. The van der Waals surface area contributed by atoms with Crippen molar-refractivity contribution in [1.82, 2.24) is 14.9 Å². The molecule has 15 heteroatoms. The van der Waals surface area contributed by atoms with Crippen molar-refractivity contribution in [3.8, 4) is 29.0 Å². The molecule has 5 heterocycles. The van der Waals surface area contributed by atoms with Crippen molar-refractivity contribution in [3.63, 3.8) is 0 Å². The molecule has 4 aromatic rings. The summed E-state index contributed by atoms with van der Waals surface area (Å²) >= 11 is 7.77. The van der Waals surface area contributed by atoms with Crippen LogP contribution in [-0.2, 0) is 0 Å². The van der Waals surface area contributed by atoms with E-state index in [2.05, 4.69) is 9.97 Å². The molecule has 2 saturated heterocycles. The predicted octanol–water partition coefficient (Wildman–Crippen LogP) is 7.34. The highest BCUT2D eigenvalue weighted by Crippen LogP contribution is 2.51. The number of alkyl halides is 3. The van der Waals surface area contributed by atoms with Gasteiger partial charge in [0.25, 0.3) is 6.43 Å². The molecule has 3 aliphatic heterocycles. The molecule has 0 spiro atoms. The summed E-state index contributed by atoms with van der Waals surface area (Å²) in [5, 5.41) is 9.75. The van der Waals surface area contributed by atoms with Crippen LogP contribution in [0.5, 0.6) is 11.8 Å². The van der Waals surface area contributed by atoms with Gasteiger partial charge >= 0.3 is 6.01 Å². The van der Waals surface area contributed by atoms with Crippen molar-refractivity contribution in [2.24, 2.45) is 5.92 Å². The Morgan fingerprint density at radius 1 is 1.26 bits per heavy atom. The number of thiophene rings is 1. The molecule has 8 nitrogen and oxygen atoms in total. The number of nitriles is 1. The normalized spacial score (nSPS) is 22.7. The van der Waals surface area contributed by atoms with Gasteiger partial charge in [0.1, 0.15) is 47.6 Å². The molecule has 0 saturated carbocycles. The van der Waals surface area contributed by atoms with Gasteiger partial charge in [0.2, 0.25) is 0 Å². The largest absolute Gasteiger partial charge is 0.489 e. The van der Waals surface area contributed by atoms with Gasteiger partial charge < -0.3 is 20.1 Å². The van der Waals surface area contributed by atoms with Crippen LogP contribution < -0.4 is 20.1 Å². The number of ether oxygens (including phenoxy) is 2. The van der Waals surface area contributed by atoms with E-state index in [1.54, 1.807) is 0 Å². The Morgan fingerprint density at radius 2 is 2.04 bits per heavy atom. The van der Waals surface area contributed by atoms with Crippen LogP contribution in [0.1, 0.15) is 38.7 Å². The van der Waals surface area contributed by atoms with Gasteiger partial charge in [-0.25, -0.2) is 22.0 Å². The van der Waals surface area contributed by atoms with Crippen LogP contribution in [0.3, 0.4) is 0 Å². The Morgan fingerprint density at radius 3 is 2.77 bits per heavy atom. The van der Waals surface area contributed by atoms with Gasteiger partial charge in [-0.2, -0.15) is 15.2 Å². The lowest BCUT2D eigenvalue weighted by molar-refractivity contribution is 0.107. The Bertz CT molecular complexity index is 1950. The zero-order chi connectivity index (χ0) is 33.4. The summed E-state index contributed by atoms with van der Waals surface area (Å²) in [7, 11) is 0. The molecule has 0 amide bonds. The molecule has 2 fully saturated rings. The second kappa shape index (κ2) is 11.8. The molecular formula is C32H30ClF5N6O2S. The van der Waals surface area contributed by atoms with Crippen molar-refractivity contribution in [1.29, 1.82) is 5.26 Å². The molecule has 7 rings (SSSR count). The van der Waals surface area contributed by atoms with E-state index in [1.165, 1.54) is 11.0 Å². The molecule has 248 valence electrons. The van der Waals surface area contributed by atoms with E-state index in [4.69, 9.17) is 26.8 Å². The molecule has 3 aliphatic rings. The summed E-state index contributed by atoms with van der Waals surface area (Å²) < 4.78 is 87.1. The third-order valence-electron chi connectivity index (χ3n) is 9.55. The Hall–Kier alpha value is -3.67. The van der Waals surface area contributed by atoms with Gasteiger partial charge in [-0.05, 0) is 36.9 Å². The van der Waals surface area contributed by atoms with Crippen LogP contribution in [0.2, 0.25) is 5.02 Å². The first-order valence-electron chi connectivity index (χ1n) is 15.3. The first-order chi connectivity index (χ1) is 22.4. The fraction of sp³-hybridized carbons (Fsp3) is 0.469. The molecule has 0 bridgehead atoms. The van der Waals surface area contributed by atoms with E-state index in [0.717, 1.165) is 23.8 Å². The summed E-state index contributed by atoms with van der Waals surface area (Å²) in [4.78, 5) is 12.4. The fourth-order valence-electron chi connectivity index (χ4n) is 7.37. The number of nitrogen functional groups attached to an aromatic ring is 1. The average molecular weight is 693 g/mol. The monoisotopic (exact) mass is 692 g/mol. The molecule has 2 N–H and O–H groups in total. The van der Waals surface area contributed by atoms with Crippen molar-refractivity contribution < 1.29 is 31.4 Å². The minimum absolute atomic E-state index is 0.0184. The number of hydrogen-bond donors (Lipinski definition) is 1. The van der Waals surface area contributed by atoms with Crippen LogP contribution in [-0.4, -0.2) is 71.9 Å². The summed E-state index contributed by atoms with van der Waals surface area (Å²) in [5.41, 5.74) is 4.94. The van der Waals surface area contributed by atoms with E-state index in [0.29, 0.717) is 13.0 Å². The molecular weight excluding hydrogens is 663 g/mol. The van der Waals surface area contributed by atoms with Crippen LogP contribution in [0, 0.1) is 28.9 Å². The van der Waals surface area contributed by atoms with E-state index < -0.39 is 42.4 Å². The van der Waals surface area contributed by atoms with Gasteiger partial charge in [-0.15, -0.1) is 11.3 Å². The number of halogens is 6. The second-order valence-electron chi connectivity index (χ2n) is 12.7. The van der Waals surface area contributed by atoms with Crippen LogP contribution in [0.25, 0.3) is 32.1 Å². The SMILES string of the molecule is CC(C)C1COc2c(Cl)c(-c3ccc(F)c4sc(N)c(C#N)c34)c(F)c3nc(OC[C@@]45CCCN4C[C@H](F)C5)nc(c23)N1CC(F)F. The minimum Gasteiger partial charge on any atom is -0.489 e. The average Bonchev–Trinajstić information content (AvgIpc) is 3.63. The predicted molar refractivity (Wildman–Crippen MR) is 170 cm³/mol. The molecule has 0 radical (unpaired) electrons. The van der Waals surface area contributed by atoms with E-state index >= 15 is 4.39 Å². The van der Waals surface area contributed by atoms with E-state index in [9.17, 15) is 22.8 Å². The van der Waals surface area contributed by atoms with Gasteiger partial charge in [0.15, 0.2) is 11.6 Å². The smallest absolute Gasteiger partial charge is 0.319 e. The second-order valence-corrected chi connectivity index (χ2v) is 14.1. The topological polar surface area (TPSA) is 101 Å². The lowest BCUT2D eigenvalue weighted by Crippen LogP contribution is -2.45. The van der Waals surface area contributed by atoms with Crippen molar-refractivity contribution >= 4 is 54.7 Å². The Labute approximate surface area is 275 Å². The number of fused-ring (bicyclic) bond motifs is 2. The van der Waals surface area contributed by atoms with Crippen LogP contribution in [0.4, 0.5) is 32.8 Å². The maximum absolute atomic E-state index is 17.1. The number of nitrogens with zero attached hydrogens (tertiary/aromatic N) is 5. The highest BCUT2D eigenvalue weighted by Gasteiger charge is 2.49.